The highest BCUT2D eigenvalue weighted by molar-refractivity contribution is 7.99. The molecule has 1 aromatic rings. The molecule has 7 nitrogen and oxygen atoms in total. The number of piperazine rings is 1. The monoisotopic (exact) mass is 409 g/mol. The molecular formula is C15H24ClN3O4S2. The Morgan fingerprint density at radius 3 is 2.68 bits per heavy atom. The van der Waals surface area contributed by atoms with Crippen LogP contribution in [0.15, 0.2) is 29.2 Å². The molecule has 1 saturated heterocycles. The highest BCUT2D eigenvalue weighted by atomic mass is 35.5. The van der Waals surface area contributed by atoms with Gasteiger partial charge in [0.25, 0.3) is 0 Å². The first-order chi connectivity index (χ1) is 11.4. The van der Waals surface area contributed by atoms with Crippen molar-refractivity contribution in [3.05, 3.63) is 24.3 Å². The van der Waals surface area contributed by atoms with Crippen molar-refractivity contribution in [2.24, 2.45) is 5.14 Å². The number of hydrogen-bond donors (Lipinski definition) is 2. The van der Waals surface area contributed by atoms with Gasteiger partial charge in [-0.25, -0.2) is 13.6 Å². The minimum atomic E-state index is -3.68. The largest absolute Gasteiger partial charge is 0.493 e. The van der Waals surface area contributed by atoms with Crippen molar-refractivity contribution < 1.29 is 17.9 Å². The normalized spacial score (nSPS) is 17.7. The molecule has 3 N–H and O–H groups in total. The molecule has 0 aromatic heterocycles. The van der Waals surface area contributed by atoms with Crippen molar-refractivity contribution >= 4 is 40.1 Å². The molecule has 142 valence electrons. The topological polar surface area (TPSA) is 102 Å². The van der Waals surface area contributed by atoms with Crippen molar-refractivity contribution in [2.75, 3.05) is 37.7 Å². The van der Waals surface area contributed by atoms with Gasteiger partial charge in [-0.15, -0.1) is 24.2 Å². The number of halogens is 1. The van der Waals surface area contributed by atoms with E-state index in [1.54, 1.807) is 12.1 Å². The zero-order chi connectivity index (χ0) is 17.6. The fourth-order valence-electron chi connectivity index (χ4n) is 2.40. The van der Waals surface area contributed by atoms with Crippen LogP contribution in [-0.4, -0.2) is 63.0 Å². The van der Waals surface area contributed by atoms with Crippen LogP contribution >= 0.6 is 24.2 Å². The number of primary sulfonamides is 1. The lowest BCUT2D eigenvalue weighted by Gasteiger charge is -2.33. The van der Waals surface area contributed by atoms with Gasteiger partial charge in [0.15, 0.2) is 0 Å². The number of nitrogens with one attached hydrogen (secondary N) is 1. The molecule has 1 aromatic carbocycles. The van der Waals surface area contributed by atoms with Gasteiger partial charge in [-0.2, -0.15) is 0 Å². The van der Waals surface area contributed by atoms with Crippen molar-refractivity contribution in [3.8, 4) is 5.75 Å². The van der Waals surface area contributed by atoms with E-state index in [2.05, 4.69) is 5.32 Å². The third kappa shape index (κ3) is 7.02. The third-order valence-electron chi connectivity index (χ3n) is 3.70. The highest BCUT2D eigenvalue weighted by Gasteiger charge is 2.22. The average Bonchev–Trinajstić information content (AvgIpc) is 2.54. The summed E-state index contributed by atoms with van der Waals surface area (Å²) in [6.45, 7) is 4.94. The number of benzene rings is 1. The van der Waals surface area contributed by atoms with Crippen LogP contribution in [0.1, 0.15) is 6.92 Å². The van der Waals surface area contributed by atoms with E-state index in [1.165, 1.54) is 23.9 Å². The average molecular weight is 410 g/mol. The number of sulfonamides is 1. The SMILES string of the molecule is C[C@H]1CNCCN1C(=O)CSCCOc1ccc(S(N)(=O)=O)cc1.Cl. The van der Waals surface area contributed by atoms with Gasteiger partial charge < -0.3 is 15.0 Å². The molecule has 0 unspecified atom stereocenters. The van der Waals surface area contributed by atoms with E-state index in [9.17, 15) is 13.2 Å². The number of carbonyl (C=O) groups excluding carboxylic acids is 1. The highest BCUT2D eigenvalue weighted by Crippen LogP contribution is 2.15. The fourth-order valence-corrected chi connectivity index (χ4v) is 3.60. The summed E-state index contributed by atoms with van der Waals surface area (Å²) in [4.78, 5) is 14.1. The number of nitrogens with two attached hydrogens (primary N) is 1. The van der Waals surface area contributed by atoms with Gasteiger partial charge in [-0.3, -0.25) is 4.79 Å². The first-order valence-corrected chi connectivity index (χ1v) is 10.4. The Morgan fingerprint density at radius 2 is 2.08 bits per heavy atom. The second kappa shape index (κ2) is 10.2. The Hall–Kier alpha value is -1.00. The van der Waals surface area contributed by atoms with Gasteiger partial charge in [0, 0.05) is 31.4 Å². The number of thioether (sulfide) groups is 1. The standard InChI is InChI=1S/C15H23N3O4S2.ClH/c1-12-10-17-6-7-18(12)15(19)11-23-9-8-22-13-2-4-14(5-3-13)24(16,20)21;/h2-5,12,17H,6-11H2,1H3,(H2,16,20,21);1H/t12-;/m0./s1. The molecule has 1 amide bonds. The number of carbonyl (C=O) groups is 1. The summed E-state index contributed by atoms with van der Waals surface area (Å²) in [6, 6.07) is 6.19. The molecule has 25 heavy (non-hydrogen) atoms. The fraction of sp³-hybridized carbons (Fsp3) is 0.533. The van der Waals surface area contributed by atoms with Crippen LogP contribution in [-0.2, 0) is 14.8 Å². The van der Waals surface area contributed by atoms with Crippen molar-refractivity contribution in [1.82, 2.24) is 10.2 Å². The van der Waals surface area contributed by atoms with E-state index in [4.69, 9.17) is 9.88 Å². The summed E-state index contributed by atoms with van der Waals surface area (Å²) in [6.07, 6.45) is 0. The molecule has 0 aliphatic carbocycles. The maximum Gasteiger partial charge on any atom is 0.238 e. The Kier molecular flexibility index (Phi) is 9.01. The Bertz CT molecular complexity index is 655. The van der Waals surface area contributed by atoms with Crippen molar-refractivity contribution in [1.29, 1.82) is 0 Å². The van der Waals surface area contributed by atoms with E-state index < -0.39 is 10.0 Å². The second-order valence-corrected chi connectivity index (χ2v) is 8.22. The summed E-state index contributed by atoms with van der Waals surface area (Å²) in [5.41, 5.74) is 0. The smallest absolute Gasteiger partial charge is 0.238 e. The predicted molar refractivity (Wildman–Crippen MR) is 102 cm³/mol. The first-order valence-electron chi connectivity index (χ1n) is 7.71. The molecule has 10 heteroatoms. The van der Waals surface area contributed by atoms with Gasteiger partial charge in [-0.1, -0.05) is 0 Å². The van der Waals surface area contributed by atoms with E-state index in [-0.39, 0.29) is 29.3 Å². The van der Waals surface area contributed by atoms with Crippen LogP contribution in [0.2, 0.25) is 0 Å². The Morgan fingerprint density at radius 1 is 1.40 bits per heavy atom. The predicted octanol–water partition coefficient (Wildman–Crippen LogP) is 0.688. The molecule has 0 spiro atoms. The number of ether oxygens (including phenoxy) is 1. The van der Waals surface area contributed by atoms with Crippen molar-refractivity contribution in [3.63, 3.8) is 0 Å². The second-order valence-electron chi connectivity index (χ2n) is 5.56. The zero-order valence-corrected chi connectivity index (χ0v) is 16.5. The molecule has 1 atom stereocenters. The number of rotatable bonds is 7. The van der Waals surface area contributed by atoms with Crippen LogP contribution in [0.5, 0.6) is 5.75 Å². The Balaban J connectivity index is 0.00000312. The van der Waals surface area contributed by atoms with Gasteiger partial charge in [0.2, 0.25) is 15.9 Å². The number of amides is 1. The van der Waals surface area contributed by atoms with E-state index in [0.29, 0.717) is 23.9 Å². The lowest BCUT2D eigenvalue weighted by molar-refractivity contribution is -0.131. The molecule has 0 saturated carbocycles. The maximum absolute atomic E-state index is 12.1. The summed E-state index contributed by atoms with van der Waals surface area (Å²) in [7, 11) is -3.68. The molecule has 1 aliphatic heterocycles. The molecule has 1 fully saturated rings. The minimum Gasteiger partial charge on any atom is -0.493 e. The zero-order valence-electron chi connectivity index (χ0n) is 14.0. The van der Waals surface area contributed by atoms with Crippen LogP contribution < -0.4 is 15.2 Å². The molecule has 2 rings (SSSR count). The number of nitrogens with zero attached hydrogens (tertiary/aromatic N) is 1. The summed E-state index contributed by atoms with van der Waals surface area (Å²) in [5, 5.41) is 8.30. The molecular weight excluding hydrogens is 386 g/mol. The van der Waals surface area contributed by atoms with Gasteiger partial charge >= 0.3 is 0 Å². The van der Waals surface area contributed by atoms with Gasteiger partial charge in [0.1, 0.15) is 5.75 Å². The third-order valence-corrected chi connectivity index (χ3v) is 5.53. The Labute approximate surface area is 159 Å². The van der Waals surface area contributed by atoms with Crippen LogP contribution in [0.4, 0.5) is 0 Å². The quantitative estimate of drug-likeness (QED) is 0.642. The molecule has 1 heterocycles. The van der Waals surface area contributed by atoms with E-state index in [1.807, 2.05) is 11.8 Å². The van der Waals surface area contributed by atoms with E-state index in [0.717, 1.165) is 19.6 Å². The maximum atomic E-state index is 12.1. The van der Waals surface area contributed by atoms with Crippen molar-refractivity contribution in [2.45, 2.75) is 17.9 Å². The summed E-state index contributed by atoms with van der Waals surface area (Å²) < 4.78 is 27.8. The summed E-state index contributed by atoms with van der Waals surface area (Å²) >= 11 is 1.53. The van der Waals surface area contributed by atoms with Gasteiger partial charge in [0.05, 0.1) is 17.3 Å². The van der Waals surface area contributed by atoms with Gasteiger partial charge in [-0.05, 0) is 31.2 Å². The first kappa shape index (κ1) is 22.0. The van der Waals surface area contributed by atoms with Crippen LogP contribution in [0.3, 0.4) is 0 Å². The molecule has 0 radical (unpaired) electrons. The number of hydrogen-bond acceptors (Lipinski definition) is 6. The molecule has 1 aliphatic rings. The molecule has 0 bridgehead atoms. The lowest BCUT2D eigenvalue weighted by Crippen LogP contribution is -2.52. The van der Waals surface area contributed by atoms with E-state index >= 15 is 0 Å². The van der Waals surface area contributed by atoms with Crippen LogP contribution in [0, 0.1) is 0 Å². The minimum absolute atomic E-state index is 0. The summed E-state index contributed by atoms with van der Waals surface area (Å²) in [5.74, 6) is 1.86. The lowest BCUT2D eigenvalue weighted by atomic mass is 10.2. The van der Waals surface area contributed by atoms with Crippen LogP contribution in [0.25, 0.3) is 0 Å².